The normalized spacial score (nSPS) is 12.0. The zero-order valence-electron chi connectivity index (χ0n) is 12.2. The van der Waals surface area contributed by atoms with Crippen molar-refractivity contribution >= 4 is 25.1 Å². The fraction of sp³-hybridized carbons (Fsp3) is 0.462. The van der Waals surface area contributed by atoms with Crippen molar-refractivity contribution in [3.63, 3.8) is 0 Å². The van der Waals surface area contributed by atoms with Gasteiger partial charge in [-0.25, -0.2) is 14.2 Å². The molecule has 0 aliphatic heterocycles. The Labute approximate surface area is 122 Å². The first-order valence-electron chi connectivity index (χ1n) is 6.62. The number of carboxylic acids is 1. The van der Waals surface area contributed by atoms with Gasteiger partial charge >= 0.3 is 5.97 Å². The monoisotopic (exact) mass is 311 g/mol. The summed E-state index contributed by atoms with van der Waals surface area (Å²) >= 11 is 0. The number of aromatic carboxylic acids is 1. The van der Waals surface area contributed by atoms with E-state index in [4.69, 9.17) is 9.84 Å². The second-order valence-electron chi connectivity index (χ2n) is 6.05. The molecule has 2 rings (SSSR count). The minimum absolute atomic E-state index is 0.00907. The van der Waals surface area contributed by atoms with Crippen molar-refractivity contribution in [3.8, 4) is 0 Å². The van der Waals surface area contributed by atoms with E-state index in [1.54, 1.807) is 0 Å². The molecule has 0 saturated heterocycles. The summed E-state index contributed by atoms with van der Waals surface area (Å²) < 4.78 is 19.5. The van der Waals surface area contributed by atoms with Gasteiger partial charge in [-0.1, -0.05) is 19.6 Å². The molecule has 0 fully saturated rings. The number of aromatic amines is 1. The lowest BCUT2D eigenvalue weighted by Crippen LogP contribution is -2.21. The highest BCUT2D eigenvalue weighted by atomic mass is 28.3. The maximum Gasteiger partial charge on any atom is 0.354 e. The summed E-state index contributed by atoms with van der Waals surface area (Å²) in [6.45, 7) is 7.20. The van der Waals surface area contributed by atoms with Gasteiger partial charge in [0.05, 0.1) is 18.2 Å². The summed E-state index contributed by atoms with van der Waals surface area (Å²) in [6.07, 6.45) is 1.03. The van der Waals surface area contributed by atoms with Crippen molar-refractivity contribution < 1.29 is 19.0 Å². The van der Waals surface area contributed by atoms with E-state index in [9.17, 15) is 9.18 Å². The Kier molecular flexibility index (Phi) is 4.38. The van der Waals surface area contributed by atoms with Gasteiger partial charge < -0.3 is 9.84 Å². The van der Waals surface area contributed by atoms with E-state index in [1.807, 2.05) is 0 Å². The Morgan fingerprint density at radius 3 is 2.81 bits per heavy atom. The number of hydrogen-bond donors (Lipinski definition) is 2. The smallest absolute Gasteiger partial charge is 0.354 e. The second kappa shape index (κ2) is 5.90. The van der Waals surface area contributed by atoms with Crippen LogP contribution in [0.5, 0.6) is 0 Å². The molecule has 0 atom stereocenters. The first kappa shape index (κ1) is 15.6. The minimum atomic E-state index is -1.22. The van der Waals surface area contributed by atoms with Crippen molar-refractivity contribution in [3.05, 3.63) is 23.3 Å². The van der Waals surface area contributed by atoms with Crippen LogP contribution in [0.4, 0.5) is 4.39 Å². The number of H-pyrrole nitrogens is 1. The molecule has 0 spiro atoms. The SMILES string of the molecule is C[Si](C)(C)CCOCc1c(F)cnc2n[nH]c(C(=O)O)c12. The van der Waals surface area contributed by atoms with Crippen molar-refractivity contribution in [1.82, 2.24) is 15.2 Å². The molecule has 8 heteroatoms. The van der Waals surface area contributed by atoms with Gasteiger partial charge in [-0.15, -0.1) is 0 Å². The molecule has 2 aromatic heterocycles. The van der Waals surface area contributed by atoms with Gasteiger partial charge in [-0.2, -0.15) is 5.10 Å². The van der Waals surface area contributed by atoms with Crippen molar-refractivity contribution in [2.45, 2.75) is 32.3 Å². The summed E-state index contributed by atoms with van der Waals surface area (Å²) in [6, 6.07) is 0.958. The number of rotatable bonds is 6. The van der Waals surface area contributed by atoms with Crippen LogP contribution >= 0.6 is 0 Å². The van der Waals surface area contributed by atoms with Crippen LogP contribution in [-0.4, -0.2) is 40.9 Å². The molecular weight excluding hydrogens is 293 g/mol. The maximum absolute atomic E-state index is 13.9. The molecule has 2 heterocycles. The molecule has 0 aromatic carbocycles. The number of nitrogens with zero attached hydrogens (tertiary/aromatic N) is 2. The number of nitrogens with one attached hydrogen (secondary N) is 1. The van der Waals surface area contributed by atoms with Crippen molar-refractivity contribution in [1.29, 1.82) is 0 Å². The number of halogens is 1. The van der Waals surface area contributed by atoms with Crippen LogP contribution in [0.15, 0.2) is 6.20 Å². The lowest BCUT2D eigenvalue weighted by Gasteiger charge is -2.15. The first-order chi connectivity index (χ1) is 9.79. The average Bonchev–Trinajstić information content (AvgIpc) is 2.79. The van der Waals surface area contributed by atoms with Crippen LogP contribution in [0.25, 0.3) is 11.0 Å². The maximum atomic E-state index is 13.9. The van der Waals surface area contributed by atoms with Gasteiger partial charge in [-0.3, -0.25) is 5.10 Å². The van der Waals surface area contributed by atoms with E-state index in [-0.39, 0.29) is 28.9 Å². The van der Waals surface area contributed by atoms with Gasteiger partial charge in [0.25, 0.3) is 0 Å². The largest absolute Gasteiger partial charge is 0.477 e. The Morgan fingerprint density at radius 1 is 1.48 bits per heavy atom. The van der Waals surface area contributed by atoms with E-state index >= 15 is 0 Å². The molecule has 0 aliphatic rings. The molecule has 0 radical (unpaired) electrons. The molecule has 21 heavy (non-hydrogen) atoms. The predicted octanol–water partition coefficient (Wildman–Crippen LogP) is 2.65. The summed E-state index contributed by atoms with van der Waals surface area (Å²) in [5.41, 5.74) is 0.195. The average molecular weight is 311 g/mol. The lowest BCUT2D eigenvalue weighted by atomic mass is 10.1. The molecule has 114 valence electrons. The van der Waals surface area contributed by atoms with Crippen molar-refractivity contribution in [2.75, 3.05) is 6.61 Å². The quantitative estimate of drug-likeness (QED) is 0.632. The topological polar surface area (TPSA) is 88.1 Å². The molecule has 2 N–H and O–H groups in total. The molecular formula is C13H18FN3O3Si. The van der Waals surface area contributed by atoms with Crippen LogP contribution < -0.4 is 0 Å². The highest BCUT2D eigenvalue weighted by Crippen LogP contribution is 2.23. The second-order valence-corrected chi connectivity index (χ2v) is 11.7. The van der Waals surface area contributed by atoms with E-state index in [2.05, 4.69) is 34.8 Å². The summed E-state index contributed by atoms with van der Waals surface area (Å²) in [5, 5.41) is 15.4. The van der Waals surface area contributed by atoms with Gasteiger partial charge in [0, 0.05) is 20.2 Å². The summed E-state index contributed by atoms with van der Waals surface area (Å²) in [7, 11) is -1.22. The van der Waals surface area contributed by atoms with Crippen LogP contribution in [0, 0.1) is 5.82 Å². The number of aromatic nitrogens is 3. The van der Waals surface area contributed by atoms with Crippen LogP contribution in [-0.2, 0) is 11.3 Å². The van der Waals surface area contributed by atoms with Gasteiger partial charge in [0.2, 0.25) is 0 Å². The molecule has 2 aromatic rings. The van der Waals surface area contributed by atoms with Gasteiger partial charge in [0.15, 0.2) is 11.3 Å². The third-order valence-electron chi connectivity index (χ3n) is 3.09. The number of carboxylic acid groups (broad SMARTS) is 1. The third-order valence-corrected chi connectivity index (χ3v) is 4.80. The van der Waals surface area contributed by atoms with Crippen LogP contribution in [0.3, 0.4) is 0 Å². The van der Waals surface area contributed by atoms with Gasteiger partial charge in [0.1, 0.15) is 5.82 Å². The number of carbonyl (C=O) groups is 1. The Bertz CT molecular complexity index is 666. The van der Waals surface area contributed by atoms with Gasteiger partial charge in [-0.05, 0) is 6.04 Å². The highest BCUT2D eigenvalue weighted by Gasteiger charge is 2.20. The molecule has 0 bridgehead atoms. The summed E-state index contributed by atoms with van der Waals surface area (Å²) in [5.74, 6) is -1.78. The van der Waals surface area contributed by atoms with E-state index < -0.39 is 19.9 Å². The van der Waals surface area contributed by atoms with E-state index in [0.717, 1.165) is 12.2 Å². The lowest BCUT2D eigenvalue weighted by molar-refractivity contribution is 0.0692. The van der Waals surface area contributed by atoms with Crippen LogP contribution in [0.1, 0.15) is 16.1 Å². The standard InChI is InChI=1S/C13H18FN3O3Si/c1-21(2,3)5-4-20-7-8-9(14)6-15-12-10(8)11(13(18)19)16-17-12/h6H,4-5,7H2,1-3H3,(H,18,19)(H,15,16,17). The zero-order chi connectivity index (χ0) is 15.6. The highest BCUT2D eigenvalue weighted by molar-refractivity contribution is 6.76. The number of pyridine rings is 1. The van der Waals surface area contributed by atoms with Crippen LogP contribution in [0.2, 0.25) is 25.7 Å². The number of hydrogen-bond acceptors (Lipinski definition) is 4. The molecule has 0 saturated carbocycles. The van der Waals surface area contributed by atoms with E-state index in [1.165, 1.54) is 0 Å². The predicted molar refractivity (Wildman–Crippen MR) is 78.6 cm³/mol. The molecule has 0 amide bonds. The zero-order valence-corrected chi connectivity index (χ0v) is 13.2. The minimum Gasteiger partial charge on any atom is -0.477 e. The Balaban J connectivity index is 2.24. The third kappa shape index (κ3) is 3.64. The summed E-state index contributed by atoms with van der Waals surface area (Å²) in [4.78, 5) is 14.9. The first-order valence-corrected chi connectivity index (χ1v) is 10.3. The fourth-order valence-electron chi connectivity index (χ4n) is 1.88. The van der Waals surface area contributed by atoms with E-state index in [0.29, 0.717) is 6.61 Å². The molecule has 0 aliphatic carbocycles. The molecule has 6 nitrogen and oxygen atoms in total. The van der Waals surface area contributed by atoms with Crippen molar-refractivity contribution in [2.24, 2.45) is 0 Å². The fourth-order valence-corrected chi connectivity index (χ4v) is 2.63. The Hall–Kier alpha value is -1.80. The molecule has 0 unspecified atom stereocenters. The number of ether oxygens (including phenoxy) is 1. The Morgan fingerprint density at radius 2 is 2.19 bits per heavy atom. The number of fused-ring (bicyclic) bond motifs is 1.